The van der Waals surface area contributed by atoms with Gasteiger partial charge in [0.2, 0.25) is 0 Å². The summed E-state index contributed by atoms with van der Waals surface area (Å²) in [6.07, 6.45) is 0.970. The van der Waals surface area contributed by atoms with Gasteiger partial charge in [-0.2, -0.15) is 0 Å². The summed E-state index contributed by atoms with van der Waals surface area (Å²) in [5.41, 5.74) is 9.83. The molecule has 0 aromatic heterocycles. The van der Waals surface area contributed by atoms with Crippen LogP contribution in [0.2, 0.25) is 12.6 Å². The lowest BCUT2D eigenvalue weighted by Crippen LogP contribution is -2.45. The number of amides is 2. The summed E-state index contributed by atoms with van der Waals surface area (Å²) in [4.78, 5) is 21.1. The highest BCUT2D eigenvalue weighted by atomic mass is 28.3. The summed E-state index contributed by atoms with van der Waals surface area (Å²) in [5.74, 6) is 0. The van der Waals surface area contributed by atoms with Crippen molar-refractivity contribution in [2.75, 3.05) is 12.5 Å². The summed E-state index contributed by atoms with van der Waals surface area (Å²) in [6, 6.07) is 0.907. The number of rotatable bonds is 7. The fraction of sp³-hybridized carbons (Fsp3) is 0.778. The van der Waals surface area contributed by atoms with Gasteiger partial charge in [-0.3, -0.25) is 0 Å². The molecule has 7 heteroatoms. The highest BCUT2D eigenvalue weighted by Crippen LogP contribution is 2.15. The number of carbonyl (C=O) groups excluding carboxylic acids is 2. The fourth-order valence-electron chi connectivity index (χ4n) is 1.28. The first-order valence-corrected chi connectivity index (χ1v) is 8.36. The second-order valence-electron chi connectivity index (χ2n) is 4.13. The summed E-state index contributed by atoms with van der Waals surface area (Å²) < 4.78 is 9.61. The highest BCUT2D eigenvalue weighted by molar-refractivity contribution is 6.78. The molecule has 0 aliphatic carbocycles. The lowest BCUT2D eigenvalue weighted by molar-refractivity contribution is 0.164. The van der Waals surface area contributed by atoms with Gasteiger partial charge in [0.1, 0.15) is 8.07 Å². The molecule has 0 bridgehead atoms. The van der Waals surface area contributed by atoms with Crippen LogP contribution in [-0.2, 0) is 9.47 Å². The summed E-state index contributed by atoms with van der Waals surface area (Å²) in [6.45, 7) is 4.06. The van der Waals surface area contributed by atoms with E-state index < -0.39 is 20.3 Å². The Morgan fingerprint density at radius 1 is 1.12 bits per heavy atom. The zero-order chi connectivity index (χ0) is 12.6. The molecule has 4 N–H and O–H groups in total. The molecule has 0 atom stereocenters. The number of primary amides is 2. The van der Waals surface area contributed by atoms with Crippen LogP contribution in [0.1, 0.15) is 19.8 Å². The topological polar surface area (TPSA) is 105 Å². The van der Waals surface area contributed by atoms with Crippen molar-refractivity contribution in [3.05, 3.63) is 0 Å². The molecule has 0 aliphatic rings. The van der Waals surface area contributed by atoms with E-state index in [2.05, 4.69) is 6.92 Å². The third-order valence-corrected chi connectivity index (χ3v) is 5.50. The Balaban J connectivity index is 4.22. The second-order valence-corrected chi connectivity index (χ2v) is 8.83. The number of unbranched alkanes of at least 4 members (excludes halogenated alkanes) is 1. The maximum atomic E-state index is 10.5. The van der Waals surface area contributed by atoms with Crippen LogP contribution in [0.25, 0.3) is 0 Å². The SMILES string of the molecule is CCCC[Si](C)(COC(N)=O)COC(N)=O. The molecule has 94 valence electrons. The van der Waals surface area contributed by atoms with E-state index in [0.717, 1.165) is 18.9 Å². The maximum Gasteiger partial charge on any atom is 0.404 e. The number of hydrogen-bond donors (Lipinski definition) is 2. The minimum absolute atomic E-state index is 0.260. The van der Waals surface area contributed by atoms with Gasteiger partial charge in [0, 0.05) is 0 Å². The predicted octanol–water partition coefficient (Wildman–Crippen LogP) is 1.13. The molecule has 2 amide bonds. The third kappa shape index (κ3) is 7.10. The zero-order valence-corrected chi connectivity index (χ0v) is 10.8. The average Bonchev–Trinajstić information content (AvgIpc) is 2.21. The lowest BCUT2D eigenvalue weighted by atomic mass is 10.4. The monoisotopic (exact) mass is 248 g/mol. The first kappa shape index (κ1) is 14.8. The molecule has 0 aliphatic heterocycles. The molecule has 0 fully saturated rings. The number of carbonyl (C=O) groups is 2. The maximum absolute atomic E-state index is 10.5. The zero-order valence-electron chi connectivity index (χ0n) is 9.82. The van der Waals surface area contributed by atoms with Crippen molar-refractivity contribution < 1.29 is 19.1 Å². The summed E-state index contributed by atoms with van der Waals surface area (Å²) in [5, 5.41) is 0. The van der Waals surface area contributed by atoms with Gasteiger partial charge in [-0.15, -0.1) is 0 Å². The van der Waals surface area contributed by atoms with E-state index in [9.17, 15) is 9.59 Å². The molecular formula is C9H20N2O4Si. The highest BCUT2D eigenvalue weighted by Gasteiger charge is 2.30. The van der Waals surface area contributed by atoms with E-state index >= 15 is 0 Å². The summed E-state index contributed by atoms with van der Waals surface area (Å²) in [7, 11) is -1.94. The molecular weight excluding hydrogens is 228 g/mol. The van der Waals surface area contributed by atoms with Crippen LogP contribution in [0.3, 0.4) is 0 Å². The van der Waals surface area contributed by atoms with Crippen molar-refractivity contribution in [3.63, 3.8) is 0 Å². The van der Waals surface area contributed by atoms with Gasteiger partial charge in [-0.25, -0.2) is 9.59 Å². The molecule has 0 radical (unpaired) electrons. The molecule has 0 rings (SSSR count). The van der Waals surface area contributed by atoms with Crippen LogP contribution in [-0.4, -0.2) is 32.7 Å². The Morgan fingerprint density at radius 3 is 1.88 bits per heavy atom. The Kier molecular flexibility index (Phi) is 6.55. The Bertz CT molecular complexity index is 230. The van der Waals surface area contributed by atoms with E-state index in [1.165, 1.54) is 0 Å². The van der Waals surface area contributed by atoms with Crippen LogP contribution in [0, 0.1) is 0 Å². The van der Waals surface area contributed by atoms with Gasteiger partial charge in [-0.1, -0.05) is 32.4 Å². The van der Waals surface area contributed by atoms with Gasteiger partial charge in [-0.05, 0) is 0 Å². The average molecular weight is 248 g/mol. The van der Waals surface area contributed by atoms with E-state index in [1.807, 2.05) is 6.55 Å². The first-order chi connectivity index (χ1) is 7.39. The number of hydrogen-bond acceptors (Lipinski definition) is 4. The van der Waals surface area contributed by atoms with E-state index in [0.29, 0.717) is 0 Å². The Hall–Kier alpha value is -1.24. The van der Waals surface area contributed by atoms with Crippen LogP contribution in [0.5, 0.6) is 0 Å². The van der Waals surface area contributed by atoms with Crippen molar-refractivity contribution in [2.45, 2.75) is 32.4 Å². The minimum Gasteiger partial charge on any atom is -0.453 e. The van der Waals surface area contributed by atoms with E-state index in [-0.39, 0.29) is 12.5 Å². The van der Waals surface area contributed by atoms with Gasteiger partial charge in [0.25, 0.3) is 0 Å². The van der Waals surface area contributed by atoms with Gasteiger partial charge < -0.3 is 20.9 Å². The van der Waals surface area contributed by atoms with Crippen molar-refractivity contribution >= 4 is 20.3 Å². The van der Waals surface area contributed by atoms with Crippen LogP contribution >= 0.6 is 0 Å². The molecule has 16 heavy (non-hydrogen) atoms. The molecule has 0 spiro atoms. The molecule has 0 saturated heterocycles. The van der Waals surface area contributed by atoms with Gasteiger partial charge >= 0.3 is 12.2 Å². The fourth-order valence-corrected chi connectivity index (χ4v) is 3.84. The van der Waals surface area contributed by atoms with Crippen LogP contribution in [0.15, 0.2) is 0 Å². The third-order valence-electron chi connectivity index (χ3n) is 2.26. The van der Waals surface area contributed by atoms with Crippen LogP contribution < -0.4 is 11.5 Å². The quantitative estimate of drug-likeness (QED) is 0.659. The van der Waals surface area contributed by atoms with Crippen molar-refractivity contribution in [1.82, 2.24) is 0 Å². The normalized spacial score (nSPS) is 10.9. The Morgan fingerprint density at radius 2 is 1.56 bits per heavy atom. The molecule has 0 saturated carbocycles. The number of nitrogens with two attached hydrogens (primary N) is 2. The molecule has 6 nitrogen and oxygen atoms in total. The summed E-state index contributed by atoms with van der Waals surface area (Å²) >= 11 is 0. The minimum atomic E-state index is -1.94. The van der Waals surface area contributed by atoms with E-state index in [4.69, 9.17) is 20.9 Å². The largest absolute Gasteiger partial charge is 0.453 e. The second kappa shape index (κ2) is 7.10. The van der Waals surface area contributed by atoms with Gasteiger partial charge in [0.15, 0.2) is 0 Å². The first-order valence-electron chi connectivity index (χ1n) is 5.24. The lowest BCUT2D eigenvalue weighted by Gasteiger charge is -2.25. The van der Waals surface area contributed by atoms with E-state index in [1.54, 1.807) is 0 Å². The number of ether oxygens (including phenoxy) is 2. The van der Waals surface area contributed by atoms with Gasteiger partial charge in [0.05, 0.1) is 12.5 Å². The smallest absolute Gasteiger partial charge is 0.404 e. The molecule has 0 aromatic carbocycles. The molecule has 0 unspecified atom stereocenters. The molecule has 0 heterocycles. The standard InChI is InChI=1S/C9H20N2O4Si/c1-3-4-5-16(2,6-14-8(10)12)7-15-9(11)13/h3-7H2,1-2H3,(H2,10,12)(H2,11,13). The molecule has 0 aromatic rings. The predicted molar refractivity (Wildman–Crippen MR) is 62.4 cm³/mol. The Labute approximate surface area is 96.3 Å². The van der Waals surface area contributed by atoms with Crippen molar-refractivity contribution in [2.24, 2.45) is 11.5 Å². The van der Waals surface area contributed by atoms with Crippen molar-refractivity contribution in [3.8, 4) is 0 Å². The van der Waals surface area contributed by atoms with Crippen LogP contribution in [0.4, 0.5) is 9.59 Å². The van der Waals surface area contributed by atoms with Crippen molar-refractivity contribution in [1.29, 1.82) is 0 Å².